The van der Waals surface area contributed by atoms with Gasteiger partial charge in [-0.05, 0) is 32.8 Å². The van der Waals surface area contributed by atoms with Gasteiger partial charge in [-0.2, -0.15) is 0 Å². The number of aromatic nitrogens is 1. The first kappa shape index (κ1) is 12.8. The summed E-state index contributed by atoms with van der Waals surface area (Å²) in [5, 5.41) is 21.0. The van der Waals surface area contributed by atoms with Gasteiger partial charge >= 0.3 is 5.69 Å². The monoisotopic (exact) mass is 251 g/mol. The minimum absolute atomic E-state index is 0.0686. The maximum atomic E-state index is 11.1. The lowest BCUT2D eigenvalue weighted by Gasteiger charge is -2.36. The molecule has 1 N–H and O–H groups in total. The van der Waals surface area contributed by atoms with Crippen LogP contribution in [0.3, 0.4) is 0 Å². The summed E-state index contributed by atoms with van der Waals surface area (Å²) in [6.07, 6.45) is 2.78. The van der Waals surface area contributed by atoms with Crippen molar-refractivity contribution in [2.24, 2.45) is 0 Å². The van der Waals surface area contributed by atoms with Crippen LogP contribution in [0, 0.1) is 17.0 Å². The summed E-state index contributed by atoms with van der Waals surface area (Å²) in [6.45, 7) is 4.68. The van der Waals surface area contributed by atoms with Crippen LogP contribution in [0.15, 0.2) is 12.3 Å². The van der Waals surface area contributed by atoms with Gasteiger partial charge in [0.25, 0.3) is 0 Å². The van der Waals surface area contributed by atoms with Crippen molar-refractivity contribution in [3.8, 4) is 0 Å². The molecule has 0 radical (unpaired) electrons. The summed E-state index contributed by atoms with van der Waals surface area (Å²) in [7, 11) is 0. The van der Waals surface area contributed by atoms with Crippen LogP contribution < -0.4 is 4.90 Å². The number of anilines is 1. The van der Waals surface area contributed by atoms with Crippen molar-refractivity contribution in [3.05, 3.63) is 27.9 Å². The topological polar surface area (TPSA) is 79.5 Å². The molecule has 0 amide bonds. The van der Waals surface area contributed by atoms with Gasteiger partial charge in [-0.1, -0.05) is 0 Å². The molecule has 0 atom stereocenters. The molecule has 1 aromatic heterocycles. The Balaban J connectivity index is 2.30. The van der Waals surface area contributed by atoms with Gasteiger partial charge in [0.2, 0.25) is 5.82 Å². The van der Waals surface area contributed by atoms with Gasteiger partial charge in [-0.25, -0.2) is 4.98 Å². The summed E-state index contributed by atoms with van der Waals surface area (Å²) in [4.78, 5) is 16.7. The van der Waals surface area contributed by atoms with E-state index in [1.54, 1.807) is 26.1 Å². The number of piperidine rings is 1. The van der Waals surface area contributed by atoms with E-state index in [1.807, 2.05) is 4.90 Å². The van der Waals surface area contributed by atoms with Crippen molar-refractivity contribution in [1.29, 1.82) is 0 Å². The predicted molar refractivity (Wildman–Crippen MR) is 67.7 cm³/mol. The van der Waals surface area contributed by atoms with Crippen LogP contribution in [-0.4, -0.2) is 33.7 Å². The quantitative estimate of drug-likeness (QED) is 0.638. The van der Waals surface area contributed by atoms with Gasteiger partial charge in [0, 0.05) is 24.8 Å². The lowest BCUT2D eigenvalue weighted by atomic mass is 9.94. The largest absolute Gasteiger partial charge is 0.390 e. The van der Waals surface area contributed by atoms with Crippen molar-refractivity contribution in [1.82, 2.24) is 4.98 Å². The molecule has 18 heavy (non-hydrogen) atoms. The van der Waals surface area contributed by atoms with Crippen LogP contribution in [0.1, 0.15) is 25.3 Å². The Labute approximate surface area is 105 Å². The highest BCUT2D eigenvalue weighted by Crippen LogP contribution is 2.32. The summed E-state index contributed by atoms with van der Waals surface area (Å²) in [6, 6.07) is 1.64. The average Bonchev–Trinajstić information content (AvgIpc) is 2.28. The molecular weight excluding hydrogens is 234 g/mol. The highest BCUT2D eigenvalue weighted by atomic mass is 16.6. The Morgan fingerprint density at radius 3 is 2.67 bits per heavy atom. The number of aryl methyl sites for hydroxylation is 1. The van der Waals surface area contributed by atoms with E-state index in [-0.39, 0.29) is 10.6 Å². The third kappa shape index (κ3) is 2.43. The normalized spacial score (nSPS) is 18.7. The van der Waals surface area contributed by atoms with E-state index in [2.05, 4.69) is 4.98 Å². The standard InChI is InChI=1S/C12H17N3O3/c1-9-3-6-13-11(10(9)15(17)18)14-7-4-12(2,16)5-8-14/h3,6,16H,4-5,7-8H2,1-2H3. The fraction of sp³-hybridized carbons (Fsp3) is 0.583. The Morgan fingerprint density at radius 2 is 2.11 bits per heavy atom. The van der Waals surface area contributed by atoms with Crippen molar-refractivity contribution in [3.63, 3.8) is 0 Å². The predicted octanol–water partition coefficient (Wildman–Crippen LogP) is 1.65. The second-order valence-electron chi connectivity index (χ2n) is 5.04. The molecule has 0 aromatic carbocycles. The molecule has 2 rings (SSSR count). The second kappa shape index (κ2) is 4.53. The van der Waals surface area contributed by atoms with Crippen LogP contribution in [0.25, 0.3) is 0 Å². The van der Waals surface area contributed by atoms with Gasteiger partial charge in [0.1, 0.15) is 0 Å². The number of nitrogens with zero attached hydrogens (tertiary/aromatic N) is 3. The Kier molecular flexibility index (Phi) is 3.21. The first-order valence-corrected chi connectivity index (χ1v) is 5.98. The van der Waals surface area contributed by atoms with Crippen molar-refractivity contribution < 1.29 is 10.0 Å². The SMILES string of the molecule is Cc1ccnc(N2CCC(C)(O)CC2)c1[N+](=O)[O-]. The zero-order valence-corrected chi connectivity index (χ0v) is 10.6. The van der Waals surface area contributed by atoms with Crippen LogP contribution >= 0.6 is 0 Å². The lowest BCUT2D eigenvalue weighted by molar-refractivity contribution is -0.384. The Hall–Kier alpha value is -1.69. The first-order chi connectivity index (χ1) is 8.41. The van der Waals surface area contributed by atoms with Crippen molar-refractivity contribution in [2.45, 2.75) is 32.3 Å². The van der Waals surface area contributed by atoms with Gasteiger partial charge in [-0.3, -0.25) is 10.1 Å². The molecular formula is C12H17N3O3. The molecule has 0 saturated carbocycles. The molecule has 0 bridgehead atoms. The number of hydrogen-bond acceptors (Lipinski definition) is 5. The molecule has 1 aromatic rings. The number of pyridine rings is 1. The van der Waals surface area contributed by atoms with E-state index in [0.717, 1.165) is 0 Å². The molecule has 6 nitrogen and oxygen atoms in total. The highest BCUT2D eigenvalue weighted by molar-refractivity contribution is 5.61. The molecule has 0 unspecified atom stereocenters. The fourth-order valence-electron chi connectivity index (χ4n) is 2.19. The summed E-state index contributed by atoms with van der Waals surface area (Å²) < 4.78 is 0. The number of nitro groups is 1. The lowest BCUT2D eigenvalue weighted by Crippen LogP contribution is -2.43. The summed E-state index contributed by atoms with van der Waals surface area (Å²) >= 11 is 0. The van der Waals surface area contributed by atoms with Gasteiger partial charge < -0.3 is 10.0 Å². The molecule has 1 aliphatic heterocycles. The van der Waals surface area contributed by atoms with E-state index < -0.39 is 5.60 Å². The average molecular weight is 251 g/mol. The number of rotatable bonds is 2. The zero-order valence-electron chi connectivity index (χ0n) is 10.6. The molecule has 0 aliphatic carbocycles. The van der Waals surface area contributed by atoms with Crippen molar-refractivity contribution >= 4 is 11.5 Å². The van der Waals surface area contributed by atoms with Crippen LogP contribution in [-0.2, 0) is 0 Å². The maximum absolute atomic E-state index is 11.1. The molecule has 0 spiro atoms. The molecule has 98 valence electrons. The van der Waals surface area contributed by atoms with Crippen LogP contribution in [0.5, 0.6) is 0 Å². The maximum Gasteiger partial charge on any atom is 0.314 e. The van der Waals surface area contributed by atoms with E-state index in [1.165, 1.54) is 0 Å². The van der Waals surface area contributed by atoms with Gasteiger partial charge in [-0.15, -0.1) is 0 Å². The number of aliphatic hydroxyl groups is 1. The third-order valence-electron chi connectivity index (χ3n) is 3.43. The molecule has 6 heteroatoms. The number of hydrogen-bond donors (Lipinski definition) is 1. The zero-order chi connectivity index (χ0) is 13.3. The van der Waals surface area contributed by atoms with E-state index >= 15 is 0 Å². The molecule has 1 saturated heterocycles. The smallest absolute Gasteiger partial charge is 0.314 e. The van der Waals surface area contributed by atoms with E-state index in [4.69, 9.17) is 0 Å². The molecule has 1 fully saturated rings. The van der Waals surface area contributed by atoms with Crippen molar-refractivity contribution in [2.75, 3.05) is 18.0 Å². The summed E-state index contributed by atoms with van der Waals surface area (Å²) in [5.41, 5.74) is 0.0103. The second-order valence-corrected chi connectivity index (χ2v) is 5.04. The molecule has 1 aliphatic rings. The van der Waals surface area contributed by atoms with Crippen LogP contribution in [0.4, 0.5) is 11.5 Å². The van der Waals surface area contributed by atoms with Gasteiger partial charge in [0.05, 0.1) is 10.5 Å². The summed E-state index contributed by atoms with van der Waals surface area (Å²) in [5.74, 6) is 0.413. The van der Waals surface area contributed by atoms with Crippen LogP contribution in [0.2, 0.25) is 0 Å². The minimum atomic E-state index is -0.672. The molecule has 2 heterocycles. The van der Waals surface area contributed by atoms with Gasteiger partial charge in [0.15, 0.2) is 0 Å². The Morgan fingerprint density at radius 1 is 1.50 bits per heavy atom. The fourth-order valence-corrected chi connectivity index (χ4v) is 2.19. The van der Waals surface area contributed by atoms with E-state index in [0.29, 0.717) is 37.3 Å². The van der Waals surface area contributed by atoms with E-state index in [9.17, 15) is 15.2 Å². The third-order valence-corrected chi connectivity index (χ3v) is 3.43. The highest BCUT2D eigenvalue weighted by Gasteiger charge is 2.31. The Bertz CT molecular complexity index is 464. The minimum Gasteiger partial charge on any atom is -0.390 e. The first-order valence-electron chi connectivity index (χ1n) is 5.98.